The number of fused-ring (bicyclic) bond motifs is 1. The number of carboxylic acids is 1. The molecule has 2 aromatic carbocycles. The summed E-state index contributed by atoms with van der Waals surface area (Å²) in [6.07, 6.45) is 11.0. The highest BCUT2D eigenvalue weighted by Gasteiger charge is 2.49. The Kier molecular flexibility index (Phi) is 6.04. The molecule has 1 saturated carbocycles. The summed E-state index contributed by atoms with van der Waals surface area (Å²) in [4.78, 5) is 24.5. The van der Waals surface area contributed by atoms with Crippen LogP contribution < -0.4 is 9.64 Å². The van der Waals surface area contributed by atoms with Crippen molar-refractivity contribution in [1.82, 2.24) is 14.9 Å². The second kappa shape index (κ2) is 9.72. The van der Waals surface area contributed by atoms with Crippen LogP contribution in [0.25, 0.3) is 11.0 Å². The number of ether oxygens (including phenoxy) is 1. The number of aromatic carboxylic acids is 1. The van der Waals surface area contributed by atoms with Crippen molar-refractivity contribution in [3.63, 3.8) is 0 Å². The average Bonchev–Trinajstić information content (AvgIpc) is 3.62. The van der Waals surface area contributed by atoms with Crippen LogP contribution >= 0.6 is 0 Å². The van der Waals surface area contributed by atoms with Gasteiger partial charge in [-0.05, 0) is 80.3 Å². The predicted octanol–water partition coefficient (Wildman–Crippen LogP) is 6.64. The maximum Gasteiger partial charge on any atom is 0.339 e. The Bertz CT molecular complexity index is 1480. The van der Waals surface area contributed by atoms with Crippen LogP contribution in [0.2, 0.25) is 0 Å². The van der Waals surface area contributed by atoms with E-state index in [9.17, 15) is 9.90 Å². The van der Waals surface area contributed by atoms with E-state index in [1.165, 1.54) is 50.6 Å². The second-order valence-corrected chi connectivity index (χ2v) is 11.5. The van der Waals surface area contributed by atoms with E-state index in [0.29, 0.717) is 29.0 Å². The molecule has 1 aliphatic carbocycles. The topological polar surface area (TPSA) is 81.7 Å². The Hall–Kier alpha value is -3.84. The molecule has 1 unspecified atom stereocenters. The number of nitrogens with one attached hydrogen (secondary N) is 1. The first kappa shape index (κ1) is 24.2. The third kappa shape index (κ3) is 4.55. The quantitative estimate of drug-likeness (QED) is 0.295. The van der Waals surface area contributed by atoms with Crippen molar-refractivity contribution in [3.05, 3.63) is 84.2 Å². The van der Waals surface area contributed by atoms with Crippen LogP contribution in [0.1, 0.15) is 60.5 Å². The minimum absolute atomic E-state index is 0.154. The van der Waals surface area contributed by atoms with Gasteiger partial charge in [0, 0.05) is 48.5 Å². The first-order chi connectivity index (χ1) is 19.1. The van der Waals surface area contributed by atoms with Crippen molar-refractivity contribution in [3.8, 4) is 11.5 Å². The second-order valence-electron chi connectivity index (χ2n) is 11.5. The number of hydrogen-bond acceptors (Lipinski definition) is 5. The molecule has 2 aliphatic heterocycles. The fourth-order valence-corrected chi connectivity index (χ4v) is 7.15. The molecule has 3 aliphatic rings. The van der Waals surface area contributed by atoms with E-state index in [1.54, 1.807) is 12.3 Å². The molecular formula is C32H34N4O3. The Morgan fingerprint density at radius 1 is 1.03 bits per heavy atom. The summed E-state index contributed by atoms with van der Waals surface area (Å²) in [6, 6.07) is 21.5. The van der Waals surface area contributed by atoms with Crippen molar-refractivity contribution in [2.45, 2.75) is 50.6 Å². The number of carboxylic acid groups (broad SMARTS) is 1. The zero-order valence-electron chi connectivity index (χ0n) is 22.1. The van der Waals surface area contributed by atoms with Crippen molar-refractivity contribution in [2.75, 3.05) is 24.5 Å². The number of hydrogen-bond donors (Lipinski definition) is 2. The minimum Gasteiger partial charge on any atom is -0.478 e. The molecule has 7 nitrogen and oxygen atoms in total. The Balaban J connectivity index is 1.02. The molecule has 4 aromatic rings. The Morgan fingerprint density at radius 2 is 1.85 bits per heavy atom. The number of piperidine rings is 1. The van der Waals surface area contributed by atoms with Gasteiger partial charge in [-0.3, -0.25) is 4.90 Å². The smallest absolute Gasteiger partial charge is 0.339 e. The van der Waals surface area contributed by atoms with Gasteiger partial charge in [-0.1, -0.05) is 30.3 Å². The van der Waals surface area contributed by atoms with Gasteiger partial charge < -0.3 is 19.7 Å². The van der Waals surface area contributed by atoms with Crippen LogP contribution in [-0.4, -0.2) is 51.6 Å². The molecule has 0 radical (unpaired) electrons. The zero-order chi connectivity index (χ0) is 26.4. The third-order valence-corrected chi connectivity index (χ3v) is 9.27. The van der Waals surface area contributed by atoms with Gasteiger partial charge in [-0.15, -0.1) is 0 Å². The number of rotatable bonds is 6. The molecule has 0 amide bonds. The molecule has 7 rings (SSSR count). The monoisotopic (exact) mass is 522 g/mol. The van der Waals surface area contributed by atoms with E-state index in [-0.39, 0.29) is 5.56 Å². The number of likely N-dealkylation sites (tertiary alicyclic amines) is 1. The first-order valence-corrected chi connectivity index (χ1v) is 14.1. The fraction of sp³-hybridized carbons (Fsp3) is 0.375. The van der Waals surface area contributed by atoms with Crippen molar-refractivity contribution in [2.24, 2.45) is 5.41 Å². The SMILES string of the molecule is O=C(O)c1ccc(N2CCC3(CC2)CC(N2CCCC2c2ccccc2)C3)cc1Oc1cnc2[nH]ccc2c1. The molecule has 2 saturated heterocycles. The summed E-state index contributed by atoms with van der Waals surface area (Å²) in [5.74, 6) is -0.127. The highest BCUT2D eigenvalue weighted by molar-refractivity contribution is 5.92. The van der Waals surface area contributed by atoms with Gasteiger partial charge in [0.2, 0.25) is 0 Å². The summed E-state index contributed by atoms with van der Waals surface area (Å²) < 4.78 is 6.08. The number of H-pyrrole nitrogens is 1. The highest BCUT2D eigenvalue weighted by atomic mass is 16.5. The number of anilines is 1. The van der Waals surface area contributed by atoms with Gasteiger partial charge in [-0.25, -0.2) is 9.78 Å². The lowest BCUT2D eigenvalue weighted by Gasteiger charge is -2.56. The molecule has 2 aromatic heterocycles. The molecule has 2 N–H and O–H groups in total. The molecule has 1 spiro atoms. The Morgan fingerprint density at radius 3 is 2.64 bits per heavy atom. The predicted molar refractivity (Wildman–Crippen MR) is 152 cm³/mol. The third-order valence-electron chi connectivity index (χ3n) is 9.27. The van der Waals surface area contributed by atoms with E-state index in [1.807, 2.05) is 30.5 Å². The maximum absolute atomic E-state index is 11.9. The van der Waals surface area contributed by atoms with Crippen molar-refractivity contribution >= 4 is 22.7 Å². The molecule has 7 heteroatoms. The average molecular weight is 523 g/mol. The van der Waals surface area contributed by atoms with Gasteiger partial charge in [0.15, 0.2) is 0 Å². The molecule has 39 heavy (non-hydrogen) atoms. The summed E-state index contributed by atoms with van der Waals surface area (Å²) in [7, 11) is 0. The Labute approximate surface area is 228 Å². The summed E-state index contributed by atoms with van der Waals surface area (Å²) in [5.41, 5.74) is 3.86. The molecule has 3 fully saturated rings. The molecule has 4 heterocycles. The van der Waals surface area contributed by atoms with Crippen LogP contribution in [0, 0.1) is 5.41 Å². The van der Waals surface area contributed by atoms with E-state index in [0.717, 1.165) is 29.8 Å². The standard InChI is InChI=1S/C32H34N4O3/c37-31(38)27-9-8-24(18-29(27)39-26-17-23-10-13-33-30(23)34-21-26)35-15-11-32(12-16-35)19-25(20-32)36-14-4-7-28(36)22-5-2-1-3-6-22/h1-3,5-6,8-10,13,17-18,21,25,28H,4,7,11-12,14-16,19-20H2,(H,33,34)(H,37,38). The summed E-state index contributed by atoms with van der Waals surface area (Å²) in [6.45, 7) is 3.19. The lowest BCUT2D eigenvalue weighted by atomic mass is 9.60. The van der Waals surface area contributed by atoms with Crippen LogP contribution in [0.4, 0.5) is 5.69 Å². The number of aromatic amines is 1. The van der Waals surface area contributed by atoms with Gasteiger partial charge >= 0.3 is 5.97 Å². The van der Waals surface area contributed by atoms with E-state index < -0.39 is 5.97 Å². The van der Waals surface area contributed by atoms with E-state index in [4.69, 9.17) is 4.74 Å². The van der Waals surface area contributed by atoms with E-state index in [2.05, 4.69) is 50.1 Å². The van der Waals surface area contributed by atoms with Crippen molar-refractivity contribution < 1.29 is 14.6 Å². The van der Waals surface area contributed by atoms with Gasteiger partial charge in [0.25, 0.3) is 0 Å². The number of pyridine rings is 1. The largest absolute Gasteiger partial charge is 0.478 e. The van der Waals surface area contributed by atoms with Crippen LogP contribution in [0.5, 0.6) is 11.5 Å². The lowest BCUT2D eigenvalue weighted by Crippen LogP contribution is -2.54. The van der Waals surface area contributed by atoms with Gasteiger partial charge in [0.1, 0.15) is 22.7 Å². The zero-order valence-corrected chi connectivity index (χ0v) is 22.1. The lowest BCUT2D eigenvalue weighted by molar-refractivity contribution is -0.0226. The van der Waals surface area contributed by atoms with Crippen LogP contribution in [0.3, 0.4) is 0 Å². The number of aromatic nitrogens is 2. The van der Waals surface area contributed by atoms with Gasteiger partial charge in [-0.2, -0.15) is 0 Å². The fourth-order valence-electron chi connectivity index (χ4n) is 7.15. The molecular weight excluding hydrogens is 488 g/mol. The summed E-state index contributed by atoms with van der Waals surface area (Å²) >= 11 is 0. The minimum atomic E-state index is -0.999. The number of nitrogens with zero attached hydrogens (tertiary/aromatic N) is 3. The normalized spacial score (nSPS) is 21.3. The number of benzene rings is 2. The van der Waals surface area contributed by atoms with E-state index >= 15 is 0 Å². The molecule has 0 bridgehead atoms. The maximum atomic E-state index is 11.9. The van der Waals surface area contributed by atoms with Crippen LogP contribution in [-0.2, 0) is 0 Å². The van der Waals surface area contributed by atoms with Crippen molar-refractivity contribution in [1.29, 1.82) is 0 Å². The first-order valence-electron chi connectivity index (χ1n) is 14.1. The highest BCUT2D eigenvalue weighted by Crippen LogP contribution is 2.54. The summed E-state index contributed by atoms with van der Waals surface area (Å²) in [5, 5.41) is 10.7. The molecule has 1 atom stereocenters. The number of carbonyl (C=O) groups is 1. The van der Waals surface area contributed by atoms with Crippen LogP contribution in [0.15, 0.2) is 73.1 Å². The molecule has 200 valence electrons. The van der Waals surface area contributed by atoms with Gasteiger partial charge in [0.05, 0.1) is 6.20 Å².